The van der Waals surface area contributed by atoms with Crippen LogP contribution >= 0.6 is 45.6 Å². The molecule has 488 valence electrons. The first kappa shape index (κ1) is 72.2. The van der Waals surface area contributed by atoms with Gasteiger partial charge in [-0.1, -0.05) is 101 Å². The minimum Gasteiger partial charge on any atom is -0.427 e. The molecule has 0 bridgehead atoms. The van der Waals surface area contributed by atoms with Gasteiger partial charge in [0.25, 0.3) is 15.2 Å². The van der Waals surface area contributed by atoms with Gasteiger partial charge < -0.3 is 54.2 Å². The molecule has 0 saturated carbocycles. The second-order valence-electron chi connectivity index (χ2n) is 21.1. The Kier molecular flexibility index (Phi) is 23.6. The predicted octanol–water partition coefficient (Wildman–Crippen LogP) is 10.4. The number of hydrogen-bond acceptors (Lipinski definition) is 22. The topological polar surface area (TPSA) is 431 Å². The van der Waals surface area contributed by atoms with Gasteiger partial charge in [0.2, 0.25) is 18.9 Å². The first-order valence-corrected chi connectivity index (χ1v) is 36.8. The molecule has 90 heavy (non-hydrogen) atoms. The van der Waals surface area contributed by atoms with Crippen LogP contribution in [0, 0.1) is 18.7 Å². The summed E-state index contributed by atoms with van der Waals surface area (Å²) < 4.78 is 131. The summed E-state index contributed by atoms with van der Waals surface area (Å²) >= 11 is 0. The minimum absolute atomic E-state index is 0.117. The normalized spacial score (nSPS) is 31.4. The lowest BCUT2D eigenvalue weighted by molar-refractivity contribution is -0.138. The molecular weight excluding hydrogens is 1310 g/mol. The van der Waals surface area contributed by atoms with Crippen molar-refractivity contribution in [2.45, 2.75) is 120 Å². The van der Waals surface area contributed by atoms with Gasteiger partial charge >= 0.3 is 57.5 Å². The fourth-order valence-electron chi connectivity index (χ4n) is 8.61. The van der Waals surface area contributed by atoms with E-state index >= 15 is 0 Å². The van der Waals surface area contributed by atoms with Gasteiger partial charge in [0, 0.05) is 79.6 Å². The largest absolute Gasteiger partial charge is 0.427 e. The molecule has 6 heterocycles. The molecule has 9 N–H and O–H groups in total. The highest BCUT2D eigenvalue weighted by atomic mass is 31.3. The lowest BCUT2D eigenvalue weighted by Gasteiger charge is -2.41. The van der Waals surface area contributed by atoms with Crippen molar-refractivity contribution in [3.8, 4) is 11.5 Å². The maximum atomic E-state index is 14.1. The summed E-state index contributed by atoms with van der Waals surface area (Å²) in [7, 11) is -30.5. The van der Waals surface area contributed by atoms with E-state index in [1.807, 2.05) is 0 Å². The lowest BCUT2D eigenvalue weighted by atomic mass is 10.1. The molecule has 6 unspecified atom stereocenters. The summed E-state index contributed by atoms with van der Waals surface area (Å²) in [4.78, 5) is 96.9. The Hall–Kier alpha value is -5.24. The Bertz CT molecular complexity index is 3690. The summed E-state index contributed by atoms with van der Waals surface area (Å²) in [5, 5.41) is 22.7. The zero-order valence-corrected chi connectivity index (χ0v) is 53.8. The molecule has 3 saturated heterocycles. The van der Waals surface area contributed by atoms with Crippen molar-refractivity contribution in [3.05, 3.63) is 185 Å². The van der Waals surface area contributed by atoms with E-state index in [1.54, 1.807) is 20.8 Å². The van der Waals surface area contributed by atoms with Crippen LogP contribution in [0.3, 0.4) is 0 Å². The lowest BCUT2D eigenvalue weighted by Crippen LogP contribution is -2.38. The summed E-state index contributed by atoms with van der Waals surface area (Å²) in [5.74, 6) is -1.56. The third-order valence-corrected chi connectivity index (χ3v) is 27.6. The summed E-state index contributed by atoms with van der Waals surface area (Å²) in [5.41, 5.74) is 1.18. The number of unbranched alkanes of at least 4 members (excludes halogenated alkanes) is 4. The molecule has 0 spiro atoms. The molecule has 0 aliphatic carbocycles. The van der Waals surface area contributed by atoms with E-state index in [2.05, 4.69) is 21.9 Å². The Morgan fingerprint density at radius 1 is 0.522 bits per heavy atom. The maximum absolute atomic E-state index is 14.1. The molecule has 0 radical (unpaired) electrons. The molecule has 3 fully saturated rings. The van der Waals surface area contributed by atoms with E-state index in [0.29, 0.717) is 5.56 Å². The molecule has 35 heteroatoms. The molecule has 3 aromatic heterocycles. The highest BCUT2D eigenvalue weighted by molar-refractivity contribution is 7.74. The number of ether oxygens (including phenoxy) is 2. The van der Waals surface area contributed by atoms with E-state index in [-0.39, 0.29) is 63.2 Å². The third-order valence-electron chi connectivity index (χ3n) is 13.8. The van der Waals surface area contributed by atoms with Crippen molar-refractivity contribution >= 4 is 57.5 Å². The quantitative estimate of drug-likeness (QED) is 0.0167. The molecule has 3 aliphatic rings. The number of aliphatic hydroxyl groups is 3. The van der Waals surface area contributed by atoms with Crippen LogP contribution in [0.15, 0.2) is 140 Å². The molecule has 6 aromatic rings. The van der Waals surface area contributed by atoms with Gasteiger partial charge in [-0.25, -0.2) is 4.39 Å². The fraction of sp³-hybridized carbons (Fsp3) is 0.364. The van der Waals surface area contributed by atoms with Crippen LogP contribution in [-0.4, -0.2) is 86.8 Å². The molecule has 3 aliphatic heterocycles. The molecule has 6 atom stereocenters. The Balaban J connectivity index is 0.000000194. The standard InChI is InChI=1S/C22H29NO9P2.C18H21NO9P2.C15H16FNO7P2/c1-2-3-4-5-6-9-20(24)30-19-12-10-18(11-13-19)21-31-33(26,27)22(25,34(28,29)32-21)15-17-8-7-14-23-16-17;1-12(2)16(20)26-15-7-5-14(6-8-15)17-27-29(22,23)18(21,30(24,25)28-17)10-13-4-3-9-19-11-13;1-10-4-5-12(13(16)7-10)14-23-25(19,20)15(18,26(21,22)24-14)8-11-3-2-6-17-9-11/h7-8,10-14,16,21,25H,2-6,9,15H2,1H3,(H,26,27)(H,28,29);3-9,11-12,17,21H,10H2,1-2H3,(H,22,23)(H,24,25);2-7,9,14,18H,8H2,1H3,(H,19,20)(H,21,22). The second-order valence-corrected chi connectivity index (χ2v) is 34.1. The van der Waals surface area contributed by atoms with E-state index in [1.165, 1.54) is 134 Å². The van der Waals surface area contributed by atoms with Gasteiger partial charge in [0.15, 0.2) is 0 Å². The Labute approximate surface area is 515 Å². The minimum atomic E-state index is -5.13. The van der Waals surface area contributed by atoms with E-state index in [9.17, 15) is 86.0 Å². The van der Waals surface area contributed by atoms with Gasteiger partial charge in [-0.2, -0.15) is 0 Å². The van der Waals surface area contributed by atoms with Crippen LogP contribution in [0.25, 0.3) is 0 Å². The van der Waals surface area contributed by atoms with Gasteiger partial charge in [-0.05, 0) is 84.1 Å². The number of aromatic nitrogens is 3. The Morgan fingerprint density at radius 3 is 1.21 bits per heavy atom. The van der Waals surface area contributed by atoms with Crippen LogP contribution < -0.4 is 9.47 Å². The number of halogens is 1. The summed E-state index contributed by atoms with van der Waals surface area (Å²) in [6.45, 7) is 7.08. The zero-order valence-electron chi connectivity index (χ0n) is 48.4. The molecule has 9 rings (SSSR count). The second kappa shape index (κ2) is 29.4. The van der Waals surface area contributed by atoms with Crippen molar-refractivity contribution < 1.29 is 123 Å². The first-order chi connectivity index (χ1) is 42.1. The first-order valence-electron chi connectivity index (χ1n) is 27.4. The van der Waals surface area contributed by atoms with Crippen molar-refractivity contribution in [1.82, 2.24) is 15.0 Å². The van der Waals surface area contributed by atoms with Crippen molar-refractivity contribution in [1.29, 1.82) is 0 Å². The number of carbonyl (C=O) groups excluding carboxylic acids is 2. The average Bonchev–Trinajstić information content (AvgIpc) is 0.760. The smallest absolute Gasteiger partial charge is 0.374 e. The number of benzene rings is 3. The van der Waals surface area contributed by atoms with E-state index < -0.39 is 111 Å². The van der Waals surface area contributed by atoms with Crippen molar-refractivity contribution in [2.24, 2.45) is 5.92 Å². The molecular formula is C55H66FN3O25P6. The van der Waals surface area contributed by atoms with Crippen LogP contribution in [0.1, 0.15) is 117 Å². The van der Waals surface area contributed by atoms with Crippen LogP contribution in [0.5, 0.6) is 11.5 Å². The highest BCUT2D eigenvalue weighted by Crippen LogP contribution is 2.81. The van der Waals surface area contributed by atoms with Crippen LogP contribution in [0.2, 0.25) is 0 Å². The fourth-order valence-corrected chi connectivity index (χ4v) is 19.3. The van der Waals surface area contributed by atoms with Gasteiger partial charge in [0.05, 0.1) is 5.92 Å². The summed E-state index contributed by atoms with van der Waals surface area (Å²) in [6.07, 6.45) is 6.05. The molecule has 3 aromatic carbocycles. The molecule has 0 amide bonds. The van der Waals surface area contributed by atoms with Crippen molar-refractivity contribution in [2.75, 3.05) is 0 Å². The average molecular weight is 1370 g/mol. The zero-order chi connectivity index (χ0) is 66.1. The summed E-state index contributed by atoms with van der Waals surface area (Å²) in [6, 6.07) is 23.7. The van der Waals surface area contributed by atoms with E-state index in [0.717, 1.165) is 38.2 Å². The number of hydrogen-bond donors (Lipinski definition) is 9. The van der Waals surface area contributed by atoms with Gasteiger partial charge in [-0.3, -0.25) is 79.1 Å². The molecule has 28 nitrogen and oxygen atoms in total. The Morgan fingerprint density at radius 2 is 0.878 bits per heavy atom. The predicted molar refractivity (Wildman–Crippen MR) is 316 cm³/mol. The maximum Gasteiger partial charge on any atom is 0.374 e. The highest BCUT2D eigenvalue weighted by Gasteiger charge is 2.69. The third kappa shape index (κ3) is 16.7. The van der Waals surface area contributed by atoms with Crippen LogP contribution in [0.4, 0.5) is 4.39 Å². The number of pyridine rings is 3. The SMILES string of the molecule is CC(C)C(=O)Oc1ccc(C2OP(=O)(O)C(O)(Cc3cccnc3)P(=O)(O)O2)cc1.CCCCCCCC(=O)Oc1ccc(C2OP(=O)(O)C(O)(Cc3cccnc3)P(=O)(O)O2)cc1.Cc1ccc(C2OP(=O)(O)C(O)(Cc3cccnc3)P(=O)(O)O2)c(F)c1. The van der Waals surface area contributed by atoms with E-state index in [4.69, 9.17) is 36.6 Å². The number of aryl methyl sites for hydroxylation is 1. The number of rotatable bonds is 18. The van der Waals surface area contributed by atoms with Crippen LogP contribution in [-0.2, 0) is 83.4 Å². The van der Waals surface area contributed by atoms with Gasteiger partial charge in [-0.15, -0.1) is 0 Å². The van der Waals surface area contributed by atoms with Gasteiger partial charge in [0.1, 0.15) is 17.3 Å². The van der Waals surface area contributed by atoms with Crippen molar-refractivity contribution in [3.63, 3.8) is 0 Å². The number of nitrogens with zero attached hydrogens (tertiary/aromatic N) is 3. The number of esters is 2. The number of carbonyl (C=O) groups is 2. The monoisotopic (exact) mass is 1370 g/mol.